The van der Waals surface area contributed by atoms with Crippen molar-refractivity contribution in [2.75, 3.05) is 6.54 Å². The quantitative estimate of drug-likeness (QED) is 0.569. The number of hydrogen-bond acceptors (Lipinski definition) is 3. The van der Waals surface area contributed by atoms with Crippen LogP contribution in [0.3, 0.4) is 0 Å². The van der Waals surface area contributed by atoms with E-state index >= 15 is 0 Å². The maximum atomic E-state index is 10.9. The van der Waals surface area contributed by atoms with Crippen molar-refractivity contribution in [1.82, 2.24) is 5.32 Å². The molecule has 2 rings (SSSR count). The van der Waals surface area contributed by atoms with Crippen LogP contribution in [0.25, 0.3) is 0 Å². The average molecular weight is 169 g/mol. The Morgan fingerprint density at radius 1 is 1.67 bits per heavy atom. The molecule has 0 bridgehead atoms. The second kappa shape index (κ2) is 2.29. The molecule has 4 nitrogen and oxygen atoms in total. The molecule has 4 heteroatoms. The number of nitrogens with one attached hydrogen (secondary N) is 1. The molecule has 1 saturated heterocycles. The van der Waals surface area contributed by atoms with Crippen molar-refractivity contribution in [2.24, 2.45) is 5.92 Å². The fourth-order valence-electron chi connectivity index (χ4n) is 1.76. The molecule has 1 aliphatic heterocycles. The minimum absolute atomic E-state index is 0.242. The Labute approximate surface area is 69.9 Å². The molecule has 2 atom stereocenters. The van der Waals surface area contributed by atoms with Gasteiger partial charge in [0.15, 0.2) is 5.78 Å². The Morgan fingerprint density at radius 2 is 2.33 bits per heavy atom. The molecule has 66 valence electrons. The molecular weight excluding hydrogens is 158 g/mol. The summed E-state index contributed by atoms with van der Waals surface area (Å²) in [5.41, 5.74) is -0.300. The second-order valence-corrected chi connectivity index (χ2v) is 3.64. The summed E-state index contributed by atoms with van der Waals surface area (Å²) in [5.74, 6) is -0.819. The molecule has 2 aliphatic rings. The van der Waals surface area contributed by atoms with Crippen LogP contribution in [-0.4, -0.2) is 28.9 Å². The van der Waals surface area contributed by atoms with Crippen LogP contribution >= 0.6 is 0 Å². The van der Waals surface area contributed by atoms with E-state index in [0.29, 0.717) is 25.8 Å². The van der Waals surface area contributed by atoms with Gasteiger partial charge in [-0.05, 0) is 12.8 Å². The second-order valence-electron chi connectivity index (χ2n) is 3.64. The van der Waals surface area contributed by atoms with Crippen LogP contribution < -0.4 is 5.32 Å². The molecule has 0 aromatic heterocycles. The lowest BCUT2D eigenvalue weighted by molar-refractivity contribution is -0.142. The van der Waals surface area contributed by atoms with E-state index in [4.69, 9.17) is 5.11 Å². The van der Waals surface area contributed by atoms with Crippen LogP contribution in [-0.2, 0) is 9.59 Å². The van der Waals surface area contributed by atoms with Crippen LogP contribution in [0.2, 0.25) is 0 Å². The number of carbonyl (C=O) groups is 2. The third kappa shape index (κ3) is 1.03. The number of Topliss-reactive ketones (excluding diaryl/α,β-unsaturated/α-hetero) is 1. The fraction of sp³-hybridized carbons (Fsp3) is 0.750. The Balaban J connectivity index is 1.94. The highest BCUT2D eigenvalue weighted by Crippen LogP contribution is 2.39. The van der Waals surface area contributed by atoms with Gasteiger partial charge in [-0.2, -0.15) is 0 Å². The van der Waals surface area contributed by atoms with Gasteiger partial charge in [0.1, 0.15) is 0 Å². The highest BCUT2D eigenvalue weighted by Gasteiger charge is 2.55. The zero-order valence-electron chi connectivity index (χ0n) is 6.67. The molecule has 0 aromatic rings. The number of ketones is 1. The van der Waals surface area contributed by atoms with Gasteiger partial charge in [-0.3, -0.25) is 9.59 Å². The molecule has 1 aliphatic carbocycles. The lowest BCUT2D eigenvalue weighted by atomic mass is 9.93. The lowest BCUT2D eigenvalue weighted by Crippen LogP contribution is -2.44. The van der Waals surface area contributed by atoms with Crippen molar-refractivity contribution in [3.8, 4) is 0 Å². The third-order valence-electron chi connectivity index (χ3n) is 2.83. The molecular formula is C8H11NO3. The minimum Gasteiger partial charge on any atom is -0.481 e. The molecule has 1 saturated carbocycles. The molecule has 0 amide bonds. The van der Waals surface area contributed by atoms with Crippen molar-refractivity contribution >= 4 is 11.8 Å². The molecule has 2 unspecified atom stereocenters. The first-order chi connectivity index (χ1) is 5.64. The van der Waals surface area contributed by atoms with E-state index in [2.05, 4.69) is 5.32 Å². The first-order valence-electron chi connectivity index (χ1n) is 4.15. The third-order valence-corrected chi connectivity index (χ3v) is 2.83. The predicted molar refractivity (Wildman–Crippen MR) is 40.7 cm³/mol. The lowest BCUT2D eigenvalue weighted by Gasteiger charge is -2.25. The summed E-state index contributed by atoms with van der Waals surface area (Å²) in [4.78, 5) is 21.5. The van der Waals surface area contributed by atoms with Crippen molar-refractivity contribution in [3.05, 3.63) is 0 Å². The predicted octanol–water partition coefficient (Wildman–Crippen LogP) is -0.218. The number of carboxylic acids is 1. The summed E-state index contributed by atoms with van der Waals surface area (Å²) in [7, 11) is 0. The largest absolute Gasteiger partial charge is 0.481 e. The van der Waals surface area contributed by atoms with E-state index in [1.54, 1.807) is 0 Å². The van der Waals surface area contributed by atoms with Gasteiger partial charge >= 0.3 is 5.97 Å². The van der Waals surface area contributed by atoms with Crippen LogP contribution in [0.15, 0.2) is 0 Å². The zero-order chi connectivity index (χ0) is 8.77. The van der Waals surface area contributed by atoms with Crippen molar-refractivity contribution in [1.29, 1.82) is 0 Å². The summed E-state index contributed by atoms with van der Waals surface area (Å²) in [6, 6.07) is 0. The molecule has 12 heavy (non-hydrogen) atoms. The van der Waals surface area contributed by atoms with E-state index in [1.807, 2.05) is 0 Å². The Kier molecular flexibility index (Phi) is 1.48. The Hall–Kier alpha value is -0.900. The summed E-state index contributed by atoms with van der Waals surface area (Å²) in [6.45, 7) is 0.446. The van der Waals surface area contributed by atoms with Crippen LogP contribution in [0, 0.1) is 5.92 Å². The van der Waals surface area contributed by atoms with Crippen molar-refractivity contribution < 1.29 is 14.7 Å². The average Bonchev–Trinajstić information content (AvgIpc) is 2.62. The molecule has 2 N–H and O–H groups in total. The summed E-state index contributed by atoms with van der Waals surface area (Å²) in [6.07, 6.45) is 1.93. The highest BCUT2D eigenvalue weighted by molar-refractivity contribution is 6.05. The van der Waals surface area contributed by atoms with Gasteiger partial charge in [-0.1, -0.05) is 0 Å². The highest BCUT2D eigenvalue weighted by atomic mass is 16.4. The van der Waals surface area contributed by atoms with Gasteiger partial charge in [0.2, 0.25) is 0 Å². The van der Waals surface area contributed by atoms with Gasteiger partial charge in [0, 0.05) is 13.0 Å². The van der Waals surface area contributed by atoms with Crippen LogP contribution in [0.1, 0.15) is 19.3 Å². The van der Waals surface area contributed by atoms with Crippen LogP contribution in [0.4, 0.5) is 0 Å². The smallest absolute Gasteiger partial charge is 0.307 e. The number of carboxylic acid groups (broad SMARTS) is 1. The van der Waals surface area contributed by atoms with Gasteiger partial charge in [-0.25, -0.2) is 0 Å². The molecule has 1 heterocycles. The van der Waals surface area contributed by atoms with E-state index in [1.165, 1.54) is 0 Å². The van der Waals surface area contributed by atoms with Crippen molar-refractivity contribution in [3.63, 3.8) is 0 Å². The first kappa shape index (κ1) is 7.73. The first-order valence-corrected chi connectivity index (χ1v) is 4.15. The van der Waals surface area contributed by atoms with E-state index in [9.17, 15) is 9.59 Å². The summed E-state index contributed by atoms with van der Waals surface area (Å²) < 4.78 is 0. The number of hydrogen-bond donors (Lipinski definition) is 2. The van der Waals surface area contributed by atoms with E-state index < -0.39 is 5.97 Å². The minimum atomic E-state index is -0.759. The number of aliphatic carboxylic acids is 1. The fourth-order valence-corrected chi connectivity index (χ4v) is 1.76. The number of piperidine rings is 1. The van der Waals surface area contributed by atoms with Gasteiger partial charge in [0.05, 0.1) is 11.5 Å². The summed E-state index contributed by atoms with van der Waals surface area (Å²) >= 11 is 0. The number of carbonyl (C=O) groups excluding carboxylic acids is 1. The maximum Gasteiger partial charge on any atom is 0.307 e. The molecule has 2 fully saturated rings. The zero-order valence-corrected chi connectivity index (χ0v) is 6.67. The molecule has 0 radical (unpaired) electrons. The van der Waals surface area contributed by atoms with Gasteiger partial charge in [0.25, 0.3) is 0 Å². The molecule has 0 aromatic carbocycles. The van der Waals surface area contributed by atoms with Crippen molar-refractivity contribution in [2.45, 2.75) is 24.8 Å². The Morgan fingerprint density at radius 3 is 2.67 bits per heavy atom. The van der Waals surface area contributed by atoms with Gasteiger partial charge < -0.3 is 10.4 Å². The van der Waals surface area contributed by atoms with Gasteiger partial charge in [-0.15, -0.1) is 0 Å². The SMILES string of the molecule is O=C(O)C1CCC2(CC2=O)NC1. The number of rotatable bonds is 1. The standard InChI is InChI=1S/C8H11NO3/c10-6-3-8(6)2-1-5(4-9-8)7(11)12/h5,9H,1-4H2,(H,11,12). The van der Waals surface area contributed by atoms with E-state index in [-0.39, 0.29) is 17.2 Å². The van der Waals surface area contributed by atoms with E-state index in [0.717, 1.165) is 0 Å². The van der Waals surface area contributed by atoms with Crippen LogP contribution in [0.5, 0.6) is 0 Å². The summed E-state index contributed by atoms with van der Waals surface area (Å²) in [5, 5.41) is 11.7. The normalized spacial score (nSPS) is 40.0. The Bertz CT molecular complexity index is 241. The monoisotopic (exact) mass is 169 g/mol. The topological polar surface area (TPSA) is 66.4 Å². The molecule has 1 spiro atoms. The maximum absolute atomic E-state index is 10.9.